The summed E-state index contributed by atoms with van der Waals surface area (Å²) in [5.41, 5.74) is 0. The molecule has 0 heterocycles. The van der Waals surface area contributed by atoms with Gasteiger partial charge in [-0.15, -0.1) is 20.5 Å². The summed E-state index contributed by atoms with van der Waals surface area (Å²) in [7, 11) is -9.89. The quantitative estimate of drug-likeness (QED) is 0.413. The van der Waals surface area contributed by atoms with Crippen molar-refractivity contribution in [2.75, 3.05) is 0 Å². The fourth-order valence-corrected chi connectivity index (χ4v) is 0. The Morgan fingerprint density at radius 1 is 0.500 bits per heavy atom. The molecular weight excluding hydrogens is 272 g/mol. The summed E-state index contributed by atoms with van der Waals surface area (Å²) in [4.78, 5) is 0. The van der Waals surface area contributed by atoms with E-state index < -0.39 is 20.5 Å². The molecule has 80 valence electrons. The second-order valence-corrected chi connectivity index (χ2v) is 2.27. The van der Waals surface area contributed by atoms with Crippen LogP contribution in [0.3, 0.4) is 0 Å². The topological polar surface area (TPSA) is 219 Å². The predicted molar refractivity (Wildman–Crippen MR) is 5.02 cm³/mol. The van der Waals surface area contributed by atoms with Crippen molar-refractivity contribution >= 4 is 0 Å². The van der Waals surface area contributed by atoms with Crippen molar-refractivity contribution in [1.29, 1.82) is 0 Å². The van der Waals surface area contributed by atoms with Gasteiger partial charge in [0.2, 0.25) is 0 Å². The molecule has 0 saturated carbocycles. The summed E-state index contributed by atoms with van der Waals surface area (Å²) in [6.45, 7) is 0. The van der Waals surface area contributed by atoms with E-state index in [1.54, 1.807) is 0 Å². The summed E-state index contributed by atoms with van der Waals surface area (Å²) < 4.78 is 67.9. The van der Waals surface area contributed by atoms with Crippen molar-refractivity contribution < 1.29 is 74.2 Å². The average Bonchev–Trinajstić information content (AvgIpc) is 1.12. The molecule has 0 radical (unpaired) electrons. The smallest absolute Gasteiger partial charge is 0.344 e. The maximum absolute atomic E-state index is 8.49. The zero-order valence-electron chi connectivity index (χ0n) is 5.05. The molecule has 12 heavy (non-hydrogen) atoms. The van der Waals surface area contributed by atoms with Crippen LogP contribution in [0, 0.1) is 20.5 Å². The van der Waals surface area contributed by atoms with Crippen LogP contribution < -0.4 is 43.4 Å². The maximum Gasteiger partial charge on any atom is 2.00 e. The number of rotatable bonds is 0. The molecule has 0 aromatic heterocycles. The van der Waals surface area contributed by atoms with Crippen molar-refractivity contribution in [2.45, 2.75) is 0 Å². The zero-order valence-corrected chi connectivity index (χ0v) is 7.54. The first-order chi connectivity index (χ1) is 4.00. The summed E-state index contributed by atoms with van der Waals surface area (Å²) in [5.74, 6) is 0. The molecule has 0 aliphatic carbocycles. The molecule has 0 aromatic carbocycles. The third-order valence-corrected chi connectivity index (χ3v) is 0. The van der Waals surface area contributed by atoms with Gasteiger partial charge in [-0.1, -0.05) is 0 Å². The Morgan fingerprint density at radius 3 is 0.500 bits per heavy atom. The van der Waals surface area contributed by atoms with Gasteiger partial charge in [0.1, 0.15) is 0 Å². The van der Waals surface area contributed by atoms with Gasteiger partial charge in [0.25, 0.3) is 0 Å². The molecule has 0 bridgehead atoms. The molecular formula is H3Cl2NNiO8. The minimum absolute atomic E-state index is 0. The second-order valence-electron chi connectivity index (χ2n) is 0.756. The van der Waals surface area contributed by atoms with E-state index in [0.717, 1.165) is 0 Å². The number of halogens is 2. The van der Waals surface area contributed by atoms with Crippen molar-refractivity contribution in [1.82, 2.24) is 6.15 Å². The zero-order chi connectivity index (χ0) is 9.00. The van der Waals surface area contributed by atoms with Gasteiger partial charge in [0, 0.05) is 0 Å². The summed E-state index contributed by atoms with van der Waals surface area (Å²) in [6.07, 6.45) is 0. The van der Waals surface area contributed by atoms with E-state index in [-0.39, 0.29) is 22.6 Å². The number of hydrogen-bond acceptors (Lipinski definition) is 9. The van der Waals surface area contributed by atoms with Crippen molar-refractivity contribution in [3.8, 4) is 0 Å². The van der Waals surface area contributed by atoms with E-state index in [4.69, 9.17) is 37.3 Å². The summed E-state index contributed by atoms with van der Waals surface area (Å²) in [5, 5.41) is 0. The molecule has 9 nitrogen and oxygen atoms in total. The molecule has 0 aliphatic rings. The summed E-state index contributed by atoms with van der Waals surface area (Å²) in [6, 6.07) is 0. The molecule has 0 aliphatic heterocycles. The SMILES string of the molecule is N.[Ni+2].[O-][Cl+3]([O-])([O-])[O-].[O-][Cl+3]([O-])([O-])[O-]. The molecule has 0 unspecified atom stereocenters. The van der Waals surface area contributed by atoms with Crippen molar-refractivity contribution in [2.24, 2.45) is 0 Å². The first kappa shape index (κ1) is 23.0. The van der Waals surface area contributed by atoms with Crippen LogP contribution in [-0.2, 0) is 16.5 Å². The molecule has 3 N–H and O–H groups in total. The Labute approximate surface area is 80.8 Å². The average molecular weight is 275 g/mol. The molecule has 0 atom stereocenters. The van der Waals surface area contributed by atoms with Crippen molar-refractivity contribution in [3.05, 3.63) is 0 Å². The Bertz CT molecular complexity index is 60.0. The third-order valence-electron chi connectivity index (χ3n) is 0. The van der Waals surface area contributed by atoms with Gasteiger partial charge < -0.3 is 6.15 Å². The van der Waals surface area contributed by atoms with E-state index in [2.05, 4.69) is 0 Å². The molecule has 12 heteroatoms. The first-order valence-corrected chi connectivity index (χ1v) is 3.70. The largest absolute Gasteiger partial charge is 2.00 e. The van der Waals surface area contributed by atoms with Crippen LogP contribution >= 0.6 is 0 Å². The maximum atomic E-state index is 8.49. The van der Waals surface area contributed by atoms with Gasteiger partial charge in [-0.25, -0.2) is 37.3 Å². The Kier molecular flexibility index (Phi) is 15.9. The van der Waals surface area contributed by atoms with Gasteiger partial charge in [0.15, 0.2) is 0 Å². The van der Waals surface area contributed by atoms with Gasteiger partial charge in [-0.2, -0.15) is 0 Å². The van der Waals surface area contributed by atoms with Crippen LogP contribution in [0.2, 0.25) is 0 Å². The Morgan fingerprint density at radius 2 is 0.500 bits per heavy atom. The monoisotopic (exact) mass is 273 g/mol. The van der Waals surface area contributed by atoms with Crippen molar-refractivity contribution in [3.63, 3.8) is 0 Å². The predicted octanol–water partition coefficient (Wildman–Crippen LogP) is -9.35. The van der Waals surface area contributed by atoms with Crippen LogP contribution in [0.15, 0.2) is 0 Å². The van der Waals surface area contributed by atoms with E-state index in [1.807, 2.05) is 0 Å². The minimum Gasteiger partial charge on any atom is -0.344 e. The van der Waals surface area contributed by atoms with E-state index in [9.17, 15) is 0 Å². The van der Waals surface area contributed by atoms with E-state index in [0.29, 0.717) is 0 Å². The van der Waals surface area contributed by atoms with Crippen LogP contribution in [-0.4, -0.2) is 0 Å². The number of hydrogen-bond donors (Lipinski definition) is 1. The normalized spacial score (nSPS) is 10.0. The molecule has 0 amide bonds. The second kappa shape index (κ2) is 8.32. The standard InChI is InChI=1S/2ClHO4.H3N.Ni/c2*2-1(3,4)5;;/h2*(H,2,3,4,5);1H3;/q;;;+2/p-2. The van der Waals surface area contributed by atoms with E-state index >= 15 is 0 Å². The van der Waals surface area contributed by atoms with Crippen LogP contribution in [0.4, 0.5) is 0 Å². The van der Waals surface area contributed by atoms with Crippen LogP contribution in [0.1, 0.15) is 0 Å². The van der Waals surface area contributed by atoms with E-state index in [1.165, 1.54) is 0 Å². The van der Waals surface area contributed by atoms with Crippen LogP contribution in [0.25, 0.3) is 0 Å². The first-order valence-electron chi connectivity index (χ1n) is 1.23. The van der Waals surface area contributed by atoms with Gasteiger partial charge in [-0.3, -0.25) is 0 Å². The third kappa shape index (κ3) is 1990. The summed E-state index contributed by atoms with van der Waals surface area (Å²) >= 11 is 0. The Balaban J connectivity index is -0.0000000457. The fourth-order valence-electron chi connectivity index (χ4n) is 0. The molecule has 0 saturated heterocycles. The molecule has 0 spiro atoms. The van der Waals surface area contributed by atoms with Gasteiger partial charge >= 0.3 is 16.5 Å². The molecule has 0 fully saturated rings. The molecule has 0 rings (SSSR count). The Hall–Kier alpha value is 0.714. The van der Waals surface area contributed by atoms with Crippen LogP contribution in [0.5, 0.6) is 0 Å². The fraction of sp³-hybridized carbons (Fsp3) is 0. The minimum atomic E-state index is -4.94. The molecule has 0 aromatic rings. The van der Waals surface area contributed by atoms with Gasteiger partial charge in [-0.05, 0) is 0 Å². The van der Waals surface area contributed by atoms with Gasteiger partial charge in [0.05, 0.1) is 0 Å².